The fourth-order valence-electron chi connectivity index (χ4n) is 3.30. The molecule has 0 unspecified atom stereocenters. The Kier molecular flexibility index (Phi) is 8.89. The molecule has 0 saturated heterocycles. The van der Waals surface area contributed by atoms with Gasteiger partial charge in [-0.05, 0) is 48.2 Å². The van der Waals surface area contributed by atoms with E-state index in [0.717, 1.165) is 11.1 Å². The number of sulfonamides is 1. The van der Waals surface area contributed by atoms with Gasteiger partial charge in [-0.25, -0.2) is 8.42 Å². The van der Waals surface area contributed by atoms with Crippen molar-refractivity contribution in [1.29, 1.82) is 0 Å². The van der Waals surface area contributed by atoms with Crippen LogP contribution in [-0.2, 0) is 23.1 Å². The van der Waals surface area contributed by atoms with Gasteiger partial charge in [0.25, 0.3) is 0 Å². The Labute approximate surface area is 179 Å². The zero-order valence-electron chi connectivity index (χ0n) is 17.8. The van der Waals surface area contributed by atoms with E-state index >= 15 is 0 Å². The number of ether oxygens (including phenoxy) is 2. The summed E-state index contributed by atoms with van der Waals surface area (Å²) in [6.45, 7) is 5.77. The van der Waals surface area contributed by atoms with E-state index in [1.807, 2.05) is 24.3 Å². The van der Waals surface area contributed by atoms with Gasteiger partial charge in [-0.1, -0.05) is 37.3 Å². The van der Waals surface area contributed by atoms with Crippen LogP contribution in [0.4, 0.5) is 0 Å². The molecule has 2 atom stereocenters. The van der Waals surface area contributed by atoms with Crippen molar-refractivity contribution in [3.05, 3.63) is 72.3 Å². The molecule has 0 spiro atoms. The highest BCUT2D eigenvalue weighted by atomic mass is 32.2. The van der Waals surface area contributed by atoms with Crippen LogP contribution in [-0.4, -0.2) is 43.4 Å². The topological polar surface area (TPSA) is 76.1 Å². The lowest BCUT2D eigenvalue weighted by Crippen LogP contribution is -2.43. The number of aliphatic hydroxyl groups is 1. The number of hydrogen-bond donors (Lipinski definition) is 1. The molecule has 0 fully saturated rings. The molecule has 2 aromatic carbocycles. The highest BCUT2D eigenvalue weighted by Gasteiger charge is 2.35. The average Bonchev–Trinajstić information content (AvgIpc) is 2.74. The molecule has 0 radical (unpaired) electrons. The first-order chi connectivity index (χ1) is 14.3. The second-order valence-corrected chi connectivity index (χ2v) is 9.20. The maximum absolute atomic E-state index is 13.5. The van der Waals surface area contributed by atoms with Crippen molar-refractivity contribution in [1.82, 2.24) is 4.31 Å². The standard InChI is InChI=1S/C23H31NO5S/c1-5-7-22(25)23(6-2)30(26,27)24(16-18-8-12-20(28-3)13-9-18)17-19-10-14-21(29-4)15-11-19/h5,8-15,22-23,25H,1,6-7,16-17H2,2-4H3/t22-,23-/m0/s1. The molecule has 2 rings (SSSR count). The van der Waals surface area contributed by atoms with Crippen LogP contribution in [0.3, 0.4) is 0 Å². The van der Waals surface area contributed by atoms with Crippen LogP contribution in [0.1, 0.15) is 30.9 Å². The van der Waals surface area contributed by atoms with Gasteiger partial charge in [0.15, 0.2) is 0 Å². The van der Waals surface area contributed by atoms with Gasteiger partial charge in [-0.3, -0.25) is 0 Å². The number of aliphatic hydroxyl groups excluding tert-OH is 1. The molecule has 6 nitrogen and oxygen atoms in total. The van der Waals surface area contributed by atoms with Gasteiger partial charge in [-0.2, -0.15) is 4.31 Å². The highest BCUT2D eigenvalue weighted by molar-refractivity contribution is 7.89. The summed E-state index contributed by atoms with van der Waals surface area (Å²) in [6, 6.07) is 14.6. The Morgan fingerprint density at radius 1 is 0.967 bits per heavy atom. The summed E-state index contributed by atoms with van der Waals surface area (Å²) in [6.07, 6.45) is 1.06. The van der Waals surface area contributed by atoms with Crippen LogP contribution < -0.4 is 9.47 Å². The second kappa shape index (κ2) is 11.2. The molecule has 0 aromatic heterocycles. The Hall–Kier alpha value is -2.35. The highest BCUT2D eigenvalue weighted by Crippen LogP contribution is 2.24. The first kappa shape index (κ1) is 23.9. The zero-order chi connectivity index (χ0) is 22.1. The molecule has 0 bridgehead atoms. The van der Waals surface area contributed by atoms with Gasteiger partial charge in [-0.15, -0.1) is 6.58 Å². The molecule has 0 aliphatic rings. The SMILES string of the molecule is C=CC[C@H](O)[C@H](CC)S(=O)(=O)N(Cc1ccc(OC)cc1)Cc1ccc(OC)cc1. The Balaban J connectivity index is 2.37. The van der Waals surface area contributed by atoms with Gasteiger partial charge >= 0.3 is 0 Å². The van der Waals surface area contributed by atoms with Crippen molar-refractivity contribution in [2.75, 3.05) is 14.2 Å². The molecule has 30 heavy (non-hydrogen) atoms. The second-order valence-electron chi connectivity index (χ2n) is 7.05. The molecule has 0 amide bonds. The predicted molar refractivity (Wildman–Crippen MR) is 119 cm³/mol. The Morgan fingerprint density at radius 2 is 1.40 bits per heavy atom. The molecular weight excluding hydrogens is 402 g/mol. The smallest absolute Gasteiger partial charge is 0.220 e. The summed E-state index contributed by atoms with van der Waals surface area (Å²) in [4.78, 5) is 0. The molecular formula is C23H31NO5S. The lowest BCUT2D eigenvalue weighted by atomic mass is 10.1. The molecule has 1 N–H and O–H groups in total. The van der Waals surface area contributed by atoms with Crippen LogP contribution in [0.2, 0.25) is 0 Å². The third-order valence-corrected chi connectivity index (χ3v) is 7.41. The third-order valence-electron chi connectivity index (χ3n) is 5.02. The minimum Gasteiger partial charge on any atom is -0.497 e. The van der Waals surface area contributed by atoms with Gasteiger partial charge in [0.2, 0.25) is 10.0 Å². The van der Waals surface area contributed by atoms with E-state index in [9.17, 15) is 13.5 Å². The maximum atomic E-state index is 13.5. The molecule has 0 aliphatic heterocycles. The molecule has 2 aromatic rings. The predicted octanol–water partition coefficient (Wildman–Crippen LogP) is 3.75. The summed E-state index contributed by atoms with van der Waals surface area (Å²) in [7, 11) is -0.618. The minimum absolute atomic E-state index is 0.190. The number of methoxy groups -OCH3 is 2. The van der Waals surface area contributed by atoms with Crippen molar-refractivity contribution in [2.24, 2.45) is 0 Å². The van der Waals surface area contributed by atoms with Crippen LogP contribution in [0.15, 0.2) is 61.2 Å². The van der Waals surface area contributed by atoms with Crippen LogP contribution >= 0.6 is 0 Å². The largest absolute Gasteiger partial charge is 0.497 e. The van der Waals surface area contributed by atoms with Gasteiger partial charge in [0, 0.05) is 13.1 Å². The quantitative estimate of drug-likeness (QED) is 0.516. The average molecular weight is 434 g/mol. The molecule has 0 saturated carbocycles. The van der Waals surface area contributed by atoms with E-state index in [2.05, 4.69) is 6.58 Å². The normalized spacial score (nSPS) is 13.6. The lowest BCUT2D eigenvalue weighted by Gasteiger charge is -2.29. The fourth-order valence-corrected chi connectivity index (χ4v) is 5.27. The summed E-state index contributed by atoms with van der Waals surface area (Å²) in [5, 5.41) is 9.54. The summed E-state index contributed by atoms with van der Waals surface area (Å²) in [5.74, 6) is 1.41. The number of nitrogens with zero attached hydrogens (tertiary/aromatic N) is 1. The van der Waals surface area contributed by atoms with Crippen LogP contribution in [0.5, 0.6) is 11.5 Å². The minimum atomic E-state index is -3.79. The summed E-state index contributed by atoms with van der Waals surface area (Å²) >= 11 is 0. The number of hydrogen-bond acceptors (Lipinski definition) is 5. The van der Waals surface area contributed by atoms with Gasteiger partial charge in [0.1, 0.15) is 16.7 Å². The molecule has 164 valence electrons. The van der Waals surface area contributed by atoms with E-state index in [1.165, 1.54) is 4.31 Å². The van der Waals surface area contributed by atoms with Crippen molar-refractivity contribution >= 4 is 10.0 Å². The van der Waals surface area contributed by atoms with Crippen molar-refractivity contribution in [2.45, 2.75) is 44.2 Å². The monoisotopic (exact) mass is 433 g/mol. The Morgan fingerprint density at radius 3 is 1.73 bits per heavy atom. The lowest BCUT2D eigenvalue weighted by molar-refractivity contribution is 0.165. The van der Waals surface area contributed by atoms with Crippen LogP contribution in [0, 0.1) is 0 Å². The van der Waals surface area contributed by atoms with E-state index < -0.39 is 21.4 Å². The maximum Gasteiger partial charge on any atom is 0.220 e. The van der Waals surface area contributed by atoms with E-state index in [-0.39, 0.29) is 19.5 Å². The van der Waals surface area contributed by atoms with E-state index in [4.69, 9.17) is 9.47 Å². The van der Waals surface area contributed by atoms with Crippen molar-refractivity contribution in [3.63, 3.8) is 0 Å². The van der Waals surface area contributed by atoms with Gasteiger partial charge < -0.3 is 14.6 Å². The fraction of sp³-hybridized carbons (Fsp3) is 0.391. The van der Waals surface area contributed by atoms with E-state index in [0.29, 0.717) is 17.9 Å². The summed E-state index contributed by atoms with van der Waals surface area (Å²) < 4.78 is 38.8. The molecule has 0 heterocycles. The van der Waals surface area contributed by atoms with Gasteiger partial charge in [0.05, 0.1) is 20.3 Å². The molecule has 0 aliphatic carbocycles. The zero-order valence-corrected chi connectivity index (χ0v) is 18.6. The first-order valence-corrected chi connectivity index (χ1v) is 11.4. The first-order valence-electron chi connectivity index (χ1n) is 9.89. The number of benzene rings is 2. The number of rotatable bonds is 12. The van der Waals surface area contributed by atoms with Crippen molar-refractivity contribution in [3.8, 4) is 11.5 Å². The van der Waals surface area contributed by atoms with Crippen molar-refractivity contribution < 1.29 is 23.0 Å². The third kappa shape index (κ3) is 6.08. The summed E-state index contributed by atoms with van der Waals surface area (Å²) in [5.41, 5.74) is 1.67. The Bertz CT molecular complexity index is 845. The molecule has 7 heteroatoms. The van der Waals surface area contributed by atoms with Crippen LogP contribution in [0.25, 0.3) is 0 Å². The van der Waals surface area contributed by atoms with E-state index in [1.54, 1.807) is 51.5 Å².